The highest BCUT2D eigenvalue weighted by atomic mass is 16.5. The lowest BCUT2D eigenvalue weighted by molar-refractivity contribution is -0.140. The number of carboxylic acids is 2. The maximum Gasteiger partial charge on any atom is 0.341 e. The molecule has 0 aliphatic heterocycles. The van der Waals surface area contributed by atoms with Crippen molar-refractivity contribution >= 4 is 29.5 Å². The van der Waals surface area contributed by atoms with Gasteiger partial charge in [0, 0.05) is 12.3 Å². The highest BCUT2D eigenvalue weighted by Crippen LogP contribution is 2.21. The van der Waals surface area contributed by atoms with Crippen LogP contribution in [-0.4, -0.2) is 65.0 Å². The van der Waals surface area contributed by atoms with Crippen LogP contribution in [0.3, 0.4) is 0 Å². The molecule has 2 amide bonds. The van der Waals surface area contributed by atoms with E-state index in [9.17, 15) is 24.0 Å². The molecule has 0 spiro atoms. The van der Waals surface area contributed by atoms with Crippen LogP contribution in [0.25, 0.3) is 11.1 Å². The summed E-state index contributed by atoms with van der Waals surface area (Å²) in [7, 11) is 0. The zero-order valence-corrected chi connectivity index (χ0v) is 27.8. The van der Waals surface area contributed by atoms with E-state index < -0.39 is 49.1 Å². The Hall–Kier alpha value is -5.97. The first-order valence-electron chi connectivity index (χ1n) is 16.1. The average Bonchev–Trinajstić information content (AvgIpc) is 3.10. The van der Waals surface area contributed by atoms with Crippen molar-refractivity contribution < 1.29 is 43.7 Å². The third-order valence-electron chi connectivity index (χ3n) is 7.94. The summed E-state index contributed by atoms with van der Waals surface area (Å²) in [5.41, 5.74) is 4.40. The highest BCUT2D eigenvalue weighted by Gasteiger charge is 2.27. The van der Waals surface area contributed by atoms with E-state index in [1.54, 1.807) is 55.5 Å². The van der Waals surface area contributed by atoms with E-state index in [0.29, 0.717) is 17.9 Å². The minimum Gasteiger partial charge on any atom is -0.482 e. The van der Waals surface area contributed by atoms with E-state index >= 15 is 0 Å². The second-order valence-electron chi connectivity index (χ2n) is 12.0. The second kappa shape index (κ2) is 18.0. The van der Waals surface area contributed by atoms with E-state index in [0.717, 1.165) is 27.8 Å². The predicted octanol–water partition coefficient (Wildman–Crippen LogP) is 4.50. The molecule has 0 saturated heterocycles. The van der Waals surface area contributed by atoms with Gasteiger partial charge in [-0.05, 0) is 71.8 Å². The number of carbonyl (C=O) groups excluding carboxylic acids is 3. The number of carboxylic acid groups (broad SMARTS) is 2. The van der Waals surface area contributed by atoms with Crippen LogP contribution in [0.2, 0.25) is 0 Å². The Labute approximate surface area is 290 Å². The Bertz CT molecular complexity index is 1760. The van der Waals surface area contributed by atoms with Crippen molar-refractivity contribution in [3.8, 4) is 22.6 Å². The molecule has 0 heterocycles. The third-order valence-corrected chi connectivity index (χ3v) is 7.94. The van der Waals surface area contributed by atoms with Crippen molar-refractivity contribution in [1.82, 2.24) is 10.6 Å². The number of amides is 2. The molecule has 4 aromatic rings. The van der Waals surface area contributed by atoms with Gasteiger partial charge >= 0.3 is 11.9 Å². The van der Waals surface area contributed by atoms with Gasteiger partial charge in [0.15, 0.2) is 19.0 Å². The standard InChI is InChI=1S/C39H40N2O9/c1-25(20-27-10-16-32(17-11-27)49-23-36(43)44)38(47)41-35(22-28-8-14-31(15-9-28)30-6-4-3-5-7-30)39(48)40-34(26(2)42)21-29-12-18-33(19-13-29)50-24-37(45)46/h3-19,25,34-35H,20-24H2,1-2H3,(H,40,48)(H,41,47)(H,43,44)(H,45,46)/t25-,34-,35-/m0/s1. The lowest BCUT2D eigenvalue weighted by Crippen LogP contribution is -2.53. The number of benzene rings is 4. The topological polar surface area (TPSA) is 168 Å². The minimum absolute atomic E-state index is 0.176. The molecule has 4 aromatic carbocycles. The van der Waals surface area contributed by atoms with Gasteiger partial charge < -0.3 is 30.3 Å². The maximum absolute atomic E-state index is 13.8. The molecule has 11 nitrogen and oxygen atoms in total. The summed E-state index contributed by atoms with van der Waals surface area (Å²) in [6.07, 6.45) is 0.706. The van der Waals surface area contributed by atoms with Crippen molar-refractivity contribution in [1.29, 1.82) is 0 Å². The summed E-state index contributed by atoms with van der Waals surface area (Å²) in [5, 5.41) is 23.4. The van der Waals surface area contributed by atoms with Gasteiger partial charge in [-0.2, -0.15) is 0 Å². The molecule has 0 saturated carbocycles. The zero-order chi connectivity index (χ0) is 36.0. The Morgan fingerprint density at radius 2 is 0.980 bits per heavy atom. The SMILES string of the molecule is CC(=O)[C@H](Cc1ccc(OCC(=O)O)cc1)NC(=O)[C@H](Cc1ccc(-c2ccccc2)cc1)NC(=O)[C@@H](C)Cc1ccc(OCC(=O)O)cc1. The minimum atomic E-state index is -1.10. The Kier molecular flexibility index (Phi) is 13.3. The molecule has 50 heavy (non-hydrogen) atoms. The molecular weight excluding hydrogens is 640 g/mol. The normalized spacial score (nSPS) is 12.5. The molecule has 3 atom stereocenters. The van der Waals surface area contributed by atoms with Crippen LogP contribution in [0.1, 0.15) is 30.5 Å². The quantitative estimate of drug-likeness (QED) is 0.118. The fourth-order valence-corrected chi connectivity index (χ4v) is 5.21. The first-order valence-corrected chi connectivity index (χ1v) is 16.1. The third kappa shape index (κ3) is 11.6. The van der Waals surface area contributed by atoms with Crippen LogP contribution in [0.15, 0.2) is 103 Å². The van der Waals surface area contributed by atoms with Gasteiger partial charge in [-0.15, -0.1) is 0 Å². The Morgan fingerprint density at radius 3 is 1.46 bits per heavy atom. The molecule has 0 unspecified atom stereocenters. The number of hydrogen-bond acceptors (Lipinski definition) is 7. The number of ether oxygens (including phenoxy) is 2. The molecule has 4 rings (SSSR count). The number of rotatable bonds is 18. The summed E-state index contributed by atoms with van der Waals surface area (Å²) < 4.78 is 10.4. The number of Topliss-reactive ketones (excluding diaryl/α,β-unsaturated/α-hetero) is 1. The molecule has 4 N–H and O–H groups in total. The number of ketones is 1. The lowest BCUT2D eigenvalue weighted by Gasteiger charge is -2.24. The molecule has 0 fully saturated rings. The second-order valence-corrected chi connectivity index (χ2v) is 12.0. The molecule has 0 aliphatic carbocycles. The first-order chi connectivity index (χ1) is 24.0. The van der Waals surface area contributed by atoms with Gasteiger partial charge in [0.05, 0.1) is 6.04 Å². The Morgan fingerprint density at radius 1 is 0.560 bits per heavy atom. The molecular formula is C39H40N2O9. The molecule has 260 valence electrons. The fraction of sp³-hybridized carbons (Fsp3) is 0.256. The molecule has 0 aliphatic rings. The largest absolute Gasteiger partial charge is 0.482 e. The van der Waals surface area contributed by atoms with Crippen LogP contribution in [0, 0.1) is 5.92 Å². The first kappa shape index (κ1) is 36.9. The number of aliphatic carboxylic acids is 2. The number of carbonyl (C=O) groups is 5. The number of hydrogen-bond donors (Lipinski definition) is 4. The summed E-state index contributed by atoms with van der Waals surface area (Å²) in [6.45, 7) is 2.18. The van der Waals surface area contributed by atoms with Crippen molar-refractivity contribution in [2.24, 2.45) is 5.92 Å². The van der Waals surface area contributed by atoms with E-state index in [4.69, 9.17) is 19.7 Å². The maximum atomic E-state index is 13.8. The predicted molar refractivity (Wildman–Crippen MR) is 186 cm³/mol. The monoisotopic (exact) mass is 680 g/mol. The van der Waals surface area contributed by atoms with Crippen LogP contribution in [0.4, 0.5) is 0 Å². The van der Waals surface area contributed by atoms with Crippen molar-refractivity contribution in [3.05, 3.63) is 120 Å². The lowest BCUT2D eigenvalue weighted by atomic mass is 9.97. The fourth-order valence-electron chi connectivity index (χ4n) is 5.21. The molecule has 0 radical (unpaired) electrons. The summed E-state index contributed by atoms with van der Waals surface area (Å²) in [4.78, 5) is 61.5. The molecule has 0 bridgehead atoms. The zero-order valence-electron chi connectivity index (χ0n) is 27.8. The Balaban J connectivity index is 1.47. The van der Waals surface area contributed by atoms with Crippen molar-refractivity contribution in [2.45, 2.75) is 45.2 Å². The highest BCUT2D eigenvalue weighted by molar-refractivity contribution is 5.92. The van der Waals surface area contributed by atoms with Crippen LogP contribution in [0.5, 0.6) is 11.5 Å². The van der Waals surface area contributed by atoms with Crippen LogP contribution >= 0.6 is 0 Å². The van der Waals surface area contributed by atoms with Crippen molar-refractivity contribution in [3.63, 3.8) is 0 Å². The average molecular weight is 681 g/mol. The van der Waals surface area contributed by atoms with Crippen LogP contribution in [-0.2, 0) is 43.2 Å². The molecule has 0 aromatic heterocycles. The van der Waals surface area contributed by atoms with Gasteiger partial charge in [0.2, 0.25) is 11.8 Å². The van der Waals surface area contributed by atoms with Gasteiger partial charge in [-0.1, -0.05) is 85.8 Å². The van der Waals surface area contributed by atoms with Gasteiger partial charge in [0.1, 0.15) is 17.5 Å². The van der Waals surface area contributed by atoms with Gasteiger partial charge in [-0.3, -0.25) is 14.4 Å². The van der Waals surface area contributed by atoms with Crippen LogP contribution < -0.4 is 20.1 Å². The van der Waals surface area contributed by atoms with Gasteiger partial charge in [-0.25, -0.2) is 9.59 Å². The smallest absolute Gasteiger partial charge is 0.341 e. The van der Waals surface area contributed by atoms with E-state index in [2.05, 4.69) is 10.6 Å². The van der Waals surface area contributed by atoms with Crippen molar-refractivity contribution in [2.75, 3.05) is 13.2 Å². The number of nitrogens with one attached hydrogen (secondary N) is 2. The van der Waals surface area contributed by atoms with E-state index in [1.807, 2.05) is 54.6 Å². The van der Waals surface area contributed by atoms with Gasteiger partial charge in [0.25, 0.3) is 0 Å². The molecule has 11 heteroatoms. The van der Waals surface area contributed by atoms with E-state index in [-0.39, 0.29) is 24.5 Å². The summed E-state index contributed by atoms with van der Waals surface area (Å²) >= 11 is 0. The summed E-state index contributed by atoms with van der Waals surface area (Å²) in [6, 6.07) is 29.0. The summed E-state index contributed by atoms with van der Waals surface area (Å²) in [5.74, 6) is -3.10. The van der Waals surface area contributed by atoms with E-state index in [1.165, 1.54) is 6.92 Å².